The van der Waals surface area contributed by atoms with Crippen LogP contribution < -0.4 is 19.8 Å². The summed E-state index contributed by atoms with van der Waals surface area (Å²) in [5, 5.41) is 6.79. The molecule has 15 heteroatoms. The molecule has 2 aromatic carbocycles. The summed E-state index contributed by atoms with van der Waals surface area (Å²) in [6.07, 6.45) is 5.96. The Morgan fingerprint density at radius 3 is 2.40 bits per heavy atom. The van der Waals surface area contributed by atoms with Gasteiger partial charge in [0.2, 0.25) is 5.95 Å². The first kappa shape index (κ1) is 34.8. The van der Waals surface area contributed by atoms with Crippen molar-refractivity contribution in [2.75, 3.05) is 73.2 Å². The van der Waals surface area contributed by atoms with Gasteiger partial charge >= 0.3 is 6.18 Å². The Kier molecular flexibility index (Phi) is 10.1. The second-order valence-electron chi connectivity index (χ2n) is 13.0. The Hall–Kier alpha value is -3.66. The predicted molar refractivity (Wildman–Crippen MR) is 201 cm³/mol. The molecule has 0 atom stereocenters. The number of fused-ring (bicyclic) bond motifs is 1. The monoisotopic (exact) mass is 768 g/mol. The quantitative estimate of drug-likeness (QED) is 0.155. The van der Waals surface area contributed by atoms with Gasteiger partial charge in [-0.05, 0) is 90.4 Å². The lowest BCUT2D eigenvalue weighted by atomic mass is 9.99. The second-order valence-corrected chi connectivity index (χ2v) is 15.3. The van der Waals surface area contributed by atoms with Crippen molar-refractivity contribution in [3.63, 3.8) is 0 Å². The molecular weight excluding hydrogens is 729 g/mol. The number of piperazine rings is 1. The molecule has 0 radical (unpaired) electrons. The zero-order chi connectivity index (χ0) is 35.0. The lowest BCUT2D eigenvalue weighted by molar-refractivity contribution is -0.136. The number of benzene rings is 2. The number of halogens is 4. The highest BCUT2D eigenvalue weighted by atomic mass is 79.9. The van der Waals surface area contributed by atoms with Crippen molar-refractivity contribution in [2.45, 2.75) is 43.2 Å². The van der Waals surface area contributed by atoms with E-state index >= 15 is 0 Å². The van der Waals surface area contributed by atoms with E-state index in [0.29, 0.717) is 45.9 Å². The minimum atomic E-state index is -4.61. The fourth-order valence-electron chi connectivity index (χ4n) is 6.69. The number of aromatic nitrogens is 4. The summed E-state index contributed by atoms with van der Waals surface area (Å²) in [6.45, 7) is 9.46. The number of piperidine rings is 1. The number of alkyl halides is 3. The largest absolute Gasteiger partial charge is 0.418 e. The molecule has 2 aliphatic heterocycles. The SMILES string of the molecule is C=Cc1cc(Nc2ncc(Br)c(Nc3ccc4nccnc4c3N(C)SC3CC3)n2)c(C(F)(F)F)cc1N1CCC(N2CCN(C)CC2)CC1. The summed E-state index contributed by atoms with van der Waals surface area (Å²) in [4.78, 5) is 24.9. The molecule has 50 heavy (non-hydrogen) atoms. The molecule has 4 aromatic rings. The van der Waals surface area contributed by atoms with E-state index in [1.165, 1.54) is 18.3 Å². The number of anilines is 6. The molecule has 0 amide bonds. The molecule has 2 saturated heterocycles. The van der Waals surface area contributed by atoms with Gasteiger partial charge < -0.3 is 24.7 Å². The van der Waals surface area contributed by atoms with Crippen LogP contribution in [0.5, 0.6) is 0 Å². The van der Waals surface area contributed by atoms with Gasteiger partial charge in [0, 0.05) is 81.9 Å². The summed E-state index contributed by atoms with van der Waals surface area (Å²) < 4.78 is 46.6. The van der Waals surface area contributed by atoms with E-state index in [2.05, 4.69) is 79.1 Å². The molecule has 0 bridgehead atoms. The fourth-order valence-corrected chi connectivity index (χ4v) is 8.07. The number of likely N-dealkylation sites (N-methyl/N-ethyl adjacent to an activating group) is 1. The molecule has 3 fully saturated rings. The van der Waals surface area contributed by atoms with Crippen LogP contribution in [0.1, 0.15) is 36.8 Å². The van der Waals surface area contributed by atoms with E-state index in [1.807, 2.05) is 19.2 Å². The molecular formula is C35H40BrF3N10S. The zero-order valence-corrected chi connectivity index (χ0v) is 30.5. The van der Waals surface area contributed by atoms with Gasteiger partial charge in [0.25, 0.3) is 0 Å². The molecule has 2 aromatic heterocycles. The maximum atomic E-state index is 14.7. The minimum Gasteiger partial charge on any atom is -0.371 e. The normalized spacial score (nSPS) is 18.0. The van der Waals surface area contributed by atoms with Crippen LogP contribution in [0.15, 0.2) is 53.9 Å². The van der Waals surface area contributed by atoms with Gasteiger partial charge in [-0.1, -0.05) is 12.7 Å². The maximum absolute atomic E-state index is 14.7. The number of hydrogen-bond donors (Lipinski definition) is 2. The molecule has 4 heterocycles. The van der Waals surface area contributed by atoms with Gasteiger partial charge in [0.15, 0.2) is 0 Å². The number of nitrogens with one attached hydrogen (secondary N) is 2. The van der Waals surface area contributed by atoms with Crippen LogP contribution >= 0.6 is 27.9 Å². The number of hydrogen-bond acceptors (Lipinski definition) is 11. The lowest BCUT2D eigenvalue weighted by Gasteiger charge is -2.43. The van der Waals surface area contributed by atoms with Gasteiger partial charge in [0.05, 0.1) is 32.6 Å². The molecule has 1 saturated carbocycles. The van der Waals surface area contributed by atoms with Gasteiger partial charge in [-0.15, -0.1) is 0 Å². The minimum absolute atomic E-state index is 0.0137. The molecule has 0 unspecified atom stereocenters. The third-order valence-corrected chi connectivity index (χ3v) is 11.4. The Bertz CT molecular complexity index is 1860. The fraction of sp³-hybridized carbons (Fsp3) is 0.429. The van der Waals surface area contributed by atoms with Gasteiger partial charge in [-0.25, -0.2) is 4.98 Å². The highest BCUT2D eigenvalue weighted by molar-refractivity contribution is 9.10. The van der Waals surface area contributed by atoms with Crippen LogP contribution in [0.4, 0.5) is 47.7 Å². The van der Waals surface area contributed by atoms with Crippen LogP contribution in [0, 0.1) is 0 Å². The van der Waals surface area contributed by atoms with Crippen LogP contribution in [0.3, 0.4) is 0 Å². The molecule has 10 nitrogen and oxygen atoms in total. The van der Waals surface area contributed by atoms with Crippen LogP contribution in [0.25, 0.3) is 17.1 Å². The van der Waals surface area contributed by atoms with Crippen LogP contribution in [0.2, 0.25) is 0 Å². The van der Waals surface area contributed by atoms with E-state index < -0.39 is 11.7 Å². The summed E-state index contributed by atoms with van der Waals surface area (Å²) in [5.41, 5.74) is 3.28. The summed E-state index contributed by atoms with van der Waals surface area (Å²) in [6, 6.07) is 6.97. The molecule has 3 aliphatic rings. The molecule has 0 spiro atoms. The highest BCUT2D eigenvalue weighted by Gasteiger charge is 2.36. The van der Waals surface area contributed by atoms with Crippen molar-refractivity contribution >= 4 is 79.5 Å². The molecule has 1 aliphatic carbocycles. The first-order valence-electron chi connectivity index (χ1n) is 16.8. The van der Waals surface area contributed by atoms with E-state index in [0.717, 1.165) is 74.3 Å². The average Bonchev–Trinajstić information content (AvgIpc) is 3.93. The summed E-state index contributed by atoms with van der Waals surface area (Å²) in [7, 11) is 4.13. The van der Waals surface area contributed by atoms with E-state index in [4.69, 9.17) is 0 Å². The number of rotatable bonds is 10. The van der Waals surface area contributed by atoms with Gasteiger partial charge in [-0.3, -0.25) is 14.9 Å². The average molecular weight is 770 g/mol. The van der Waals surface area contributed by atoms with Crippen molar-refractivity contribution in [1.82, 2.24) is 29.7 Å². The van der Waals surface area contributed by atoms with E-state index in [-0.39, 0.29) is 11.6 Å². The van der Waals surface area contributed by atoms with Crippen molar-refractivity contribution in [3.05, 3.63) is 65.0 Å². The highest BCUT2D eigenvalue weighted by Crippen LogP contribution is 2.44. The predicted octanol–water partition coefficient (Wildman–Crippen LogP) is 7.79. The molecule has 7 rings (SSSR count). The second kappa shape index (κ2) is 14.5. The summed E-state index contributed by atoms with van der Waals surface area (Å²) >= 11 is 5.26. The Balaban J connectivity index is 1.15. The third kappa shape index (κ3) is 7.65. The third-order valence-electron chi connectivity index (χ3n) is 9.56. The molecule has 264 valence electrons. The van der Waals surface area contributed by atoms with E-state index in [9.17, 15) is 13.2 Å². The zero-order valence-electron chi connectivity index (χ0n) is 28.0. The van der Waals surface area contributed by atoms with Gasteiger partial charge in [-0.2, -0.15) is 18.2 Å². The summed E-state index contributed by atoms with van der Waals surface area (Å²) in [5.74, 6) is 0.397. The van der Waals surface area contributed by atoms with Crippen molar-refractivity contribution in [1.29, 1.82) is 0 Å². The van der Waals surface area contributed by atoms with E-state index in [1.54, 1.807) is 30.4 Å². The van der Waals surface area contributed by atoms with Crippen LogP contribution in [-0.2, 0) is 6.18 Å². The number of nitrogens with zero attached hydrogens (tertiary/aromatic N) is 8. The molecule has 2 N–H and O–H groups in total. The van der Waals surface area contributed by atoms with Gasteiger partial charge in [0.1, 0.15) is 11.3 Å². The van der Waals surface area contributed by atoms with Crippen molar-refractivity contribution in [2.24, 2.45) is 0 Å². The van der Waals surface area contributed by atoms with Crippen molar-refractivity contribution in [3.8, 4) is 0 Å². The first-order valence-corrected chi connectivity index (χ1v) is 18.5. The lowest BCUT2D eigenvalue weighted by Crippen LogP contribution is -2.52. The van der Waals surface area contributed by atoms with Crippen LogP contribution in [-0.4, -0.2) is 94.4 Å². The Morgan fingerprint density at radius 1 is 0.960 bits per heavy atom. The Morgan fingerprint density at radius 2 is 1.70 bits per heavy atom. The smallest absolute Gasteiger partial charge is 0.371 e. The maximum Gasteiger partial charge on any atom is 0.418 e. The Labute approximate surface area is 302 Å². The topological polar surface area (TPSA) is 88.6 Å². The van der Waals surface area contributed by atoms with Crippen molar-refractivity contribution < 1.29 is 13.2 Å². The standard InChI is InChI=1S/C35H40BrF3N10S/c1-4-22-19-29(25(35(37,38)39)20-30(22)49-13-9-23(10-14-49)48-17-15-46(2)16-18-48)44-34-42-21-26(36)33(45-34)43-28-8-7-27-31(41-12-11-40-27)32(28)47(3)50-24-5-6-24/h4,7-8,11-12,19-21,23-24H,1,5-6,9-10,13-18H2,2-3H3,(H2,42,43,44,45). The first-order chi connectivity index (χ1) is 24.1.